The first kappa shape index (κ1) is 10.4. The first-order chi connectivity index (χ1) is 4.84. The lowest BCUT2D eigenvalue weighted by molar-refractivity contribution is -0.894. The van der Waals surface area contributed by atoms with Crippen molar-refractivity contribution in [2.24, 2.45) is 5.73 Å². The van der Waals surface area contributed by atoms with Crippen molar-refractivity contribution in [3.63, 3.8) is 0 Å². The summed E-state index contributed by atoms with van der Waals surface area (Å²) in [5.74, 6) is -0.203. The second kappa shape index (κ2) is 3.72. The van der Waals surface area contributed by atoms with Crippen molar-refractivity contribution < 1.29 is 9.28 Å². The molecule has 3 nitrogen and oxygen atoms in total. The van der Waals surface area contributed by atoms with Crippen LogP contribution in [-0.2, 0) is 4.79 Å². The Hall–Kier alpha value is -0.570. The molecule has 0 saturated heterocycles. The molecule has 2 N–H and O–H groups in total. The number of primary amides is 1. The van der Waals surface area contributed by atoms with E-state index in [1.165, 1.54) is 0 Å². The number of rotatable bonds is 4. The van der Waals surface area contributed by atoms with E-state index in [0.29, 0.717) is 12.5 Å². The van der Waals surface area contributed by atoms with E-state index in [9.17, 15) is 4.79 Å². The van der Waals surface area contributed by atoms with Gasteiger partial charge in [0.1, 0.15) is 0 Å². The molecule has 0 radical (unpaired) electrons. The minimum absolute atomic E-state index is 0.203. The molecule has 0 heterocycles. The average molecular weight is 159 g/mol. The number of quaternary nitrogens is 1. The topological polar surface area (TPSA) is 43.1 Å². The zero-order valence-corrected chi connectivity index (χ0v) is 7.92. The molecule has 0 aromatic heterocycles. The van der Waals surface area contributed by atoms with Crippen LogP contribution in [0.5, 0.6) is 0 Å². The zero-order valence-electron chi connectivity index (χ0n) is 7.92. The highest BCUT2D eigenvalue weighted by molar-refractivity contribution is 5.73. The van der Waals surface area contributed by atoms with Gasteiger partial charge in [0.25, 0.3) is 0 Å². The van der Waals surface area contributed by atoms with Gasteiger partial charge >= 0.3 is 0 Å². The number of amides is 1. The van der Waals surface area contributed by atoms with Crippen LogP contribution in [0.15, 0.2) is 0 Å². The van der Waals surface area contributed by atoms with Gasteiger partial charge in [-0.3, -0.25) is 4.79 Å². The van der Waals surface area contributed by atoms with Crippen molar-refractivity contribution in [2.45, 2.75) is 25.8 Å². The minimum atomic E-state index is -0.203. The lowest BCUT2D eigenvalue weighted by Gasteiger charge is -2.31. The van der Waals surface area contributed by atoms with Gasteiger partial charge in [0.15, 0.2) is 0 Å². The first-order valence-corrected chi connectivity index (χ1v) is 3.93. The van der Waals surface area contributed by atoms with Gasteiger partial charge < -0.3 is 10.2 Å². The van der Waals surface area contributed by atoms with Gasteiger partial charge in [-0.25, -0.2) is 0 Å². The van der Waals surface area contributed by atoms with Crippen LogP contribution in [0.3, 0.4) is 0 Å². The molecular weight excluding hydrogens is 140 g/mol. The minimum Gasteiger partial charge on any atom is -0.370 e. The van der Waals surface area contributed by atoms with Gasteiger partial charge in [-0.1, -0.05) is 0 Å². The highest BCUT2D eigenvalue weighted by Crippen LogP contribution is 2.07. The summed E-state index contributed by atoms with van der Waals surface area (Å²) < 4.78 is 0.882. The highest BCUT2D eigenvalue weighted by Gasteiger charge is 2.17. The Labute approximate surface area is 68.8 Å². The zero-order chi connectivity index (χ0) is 9.07. The van der Waals surface area contributed by atoms with Crippen LogP contribution in [0.1, 0.15) is 19.8 Å². The second-order valence-electron chi connectivity index (χ2n) is 3.97. The maximum absolute atomic E-state index is 10.4. The van der Waals surface area contributed by atoms with Crippen LogP contribution < -0.4 is 5.73 Å². The molecule has 1 atom stereocenters. The van der Waals surface area contributed by atoms with Crippen molar-refractivity contribution >= 4 is 5.91 Å². The number of carbonyl (C=O) groups excluding carboxylic acids is 1. The van der Waals surface area contributed by atoms with Gasteiger partial charge in [0.05, 0.1) is 27.2 Å². The lowest BCUT2D eigenvalue weighted by atomic mass is 10.1. The molecule has 0 aromatic carbocycles. The second-order valence-corrected chi connectivity index (χ2v) is 3.97. The summed E-state index contributed by atoms with van der Waals surface area (Å²) in [5, 5.41) is 0. The fourth-order valence-electron chi connectivity index (χ4n) is 0.738. The molecule has 0 spiro atoms. The molecule has 0 aliphatic carbocycles. The maximum atomic E-state index is 10.4. The SMILES string of the molecule is CC(CCC(N)=O)[N+](C)(C)C. The van der Waals surface area contributed by atoms with Crippen LogP contribution in [0, 0.1) is 0 Å². The Balaban J connectivity index is 3.70. The molecule has 0 aliphatic rings. The first-order valence-electron chi connectivity index (χ1n) is 3.93. The Bertz CT molecular complexity index is 138. The molecular formula is C8H19N2O+. The predicted octanol–water partition coefficient (Wildman–Crippen LogP) is 0.347. The normalized spacial score (nSPS) is 14.5. The third kappa shape index (κ3) is 4.79. The number of nitrogens with zero attached hydrogens (tertiary/aromatic N) is 1. The summed E-state index contributed by atoms with van der Waals surface area (Å²) in [6, 6.07) is 0.488. The third-order valence-electron chi connectivity index (χ3n) is 2.13. The van der Waals surface area contributed by atoms with Crippen molar-refractivity contribution in [3.05, 3.63) is 0 Å². The van der Waals surface area contributed by atoms with E-state index in [1.807, 2.05) is 0 Å². The molecule has 0 fully saturated rings. The van der Waals surface area contributed by atoms with E-state index in [0.717, 1.165) is 10.9 Å². The van der Waals surface area contributed by atoms with Crippen LogP contribution in [0.25, 0.3) is 0 Å². The number of carbonyl (C=O) groups is 1. The van der Waals surface area contributed by atoms with E-state index in [2.05, 4.69) is 28.1 Å². The molecule has 66 valence electrons. The molecule has 1 unspecified atom stereocenters. The summed E-state index contributed by atoms with van der Waals surface area (Å²) in [6.07, 6.45) is 1.37. The molecule has 0 aliphatic heterocycles. The molecule has 0 aromatic rings. The smallest absolute Gasteiger partial charge is 0.217 e. The van der Waals surface area contributed by atoms with Gasteiger partial charge in [0, 0.05) is 12.8 Å². The maximum Gasteiger partial charge on any atom is 0.217 e. The number of hydrogen-bond donors (Lipinski definition) is 1. The van der Waals surface area contributed by atoms with E-state index in [4.69, 9.17) is 5.73 Å². The van der Waals surface area contributed by atoms with Crippen molar-refractivity contribution in [3.8, 4) is 0 Å². The van der Waals surface area contributed by atoms with Gasteiger partial charge in [-0.2, -0.15) is 0 Å². The third-order valence-corrected chi connectivity index (χ3v) is 2.13. The van der Waals surface area contributed by atoms with E-state index in [1.54, 1.807) is 0 Å². The fourth-order valence-corrected chi connectivity index (χ4v) is 0.738. The largest absolute Gasteiger partial charge is 0.370 e. The van der Waals surface area contributed by atoms with Gasteiger partial charge in [-0.05, 0) is 6.92 Å². The molecule has 11 heavy (non-hydrogen) atoms. The monoisotopic (exact) mass is 159 g/mol. The van der Waals surface area contributed by atoms with Crippen LogP contribution >= 0.6 is 0 Å². The molecule has 1 amide bonds. The molecule has 3 heteroatoms. The summed E-state index contributed by atoms with van der Waals surface area (Å²) in [7, 11) is 6.35. The van der Waals surface area contributed by atoms with E-state index < -0.39 is 0 Å². The van der Waals surface area contributed by atoms with E-state index in [-0.39, 0.29) is 5.91 Å². The average Bonchev–Trinajstić information content (AvgIpc) is 1.80. The quantitative estimate of drug-likeness (QED) is 0.591. The van der Waals surface area contributed by atoms with Gasteiger partial charge in [-0.15, -0.1) is 0 Å². The fraction of sp³-hybridized carbons (Fsp3) is 0.875. The van der Waals surface area contributed by atoms with Crippen LogP contribution in [-0.4, -0.2) is 37.6 Å². The summed E-state index contributed by atoms with van der Waals surface area (Å²) in [4.78, 5) is 10.4. The number of nitrogens with two attached hydrogens (primary N) is 1. The highest BCUT2D eigenvalue weighted by atomic mass is 16.1. The number of hydrogen-bond acceptors (Lipinski definition) is 1. The molecule has 0 saturated carbocycles. The Kier molecular flexibility index (Phi) is 3.52. The lowest BCUT2D eigenvalue weighted by Crippen LogP contribution is -2.43. The summed E-state index contributed by atoms with van der Waals surface area (Å²) in [5.41, 5.74) is 5.04. The molecule has 0 bridgehead atoms. The molecule has 0 rings (SSSR count). The van der Waals surface area contributed by atoms with Crippen molar-refractivity contribution in [1.82, 2.24) is 0 Å². The Morgan fingerprint density at radius 3 is 2.18 bits per heavy atom. The standard InChI is InChI=1S/C8H18N2O/c1-7(10(2,3)4)5-6-8(9)11/h7H,5-6H2,1-4H3,(H-,9,11)/p+1. The van der Waals surface area contributed by atoms with Gasteiger partial charge in [0.2, 0.25) is 5.91 Å². The van der Waals surface area contributed by atoms with Crippen LogP contribution in [0.2, 0.25) is 0 Å². The van der Waals surface area contributed by atoms with Crippen LogP contribution in [0.4, 0.5) is 0 Å². The predicted molar refractivity (Wildman–Crippen MR) is 45.9 cm³/mol. The van der Waals surface area contributed by atoms with Crippen molar-refractivity contribution in [1.29, 1.82) is 0 Å². The Morgan fingerprint density at radius 1 is 1.45 bits per heavy atom. The summed E-state index contributed by atoms with van der Waals surface area (Å²) >= 11 is 0. The Morgan fingerprint density at radius 2 is 1.91 bits per heavy atom. The van der Waals surface area contributed by atoms with Crippen molar-refractivity contribution in [2.75, 3.05) is 21.1 Å². The summed E-state index contributed by atoms with van der Waals surface area (Å²) in [6.45, 7) is 2.13. The van der Waals surface area contributed by atoms with E-state index >= 15 is 0 Å².